The summed E-state index contributed by atoms with van der Waals surface area (Å²) in [7, 11) is 0. The van der Waals surface area contributed by atoms with Crippen LogP contribution >= 0.6 is 0 Å². The monoisotopic (exact) mass is 196 g/mol. The van der Waals surface area contributed by atoms with Gasteiger partial charge in [0.05, 0.1) is 11.1 Å². The molecule has 0 spiro atoms. The molecule has 1 aliphatic rings. The highest BCUT2D eigenvalue weighted by Gasteiger charge is 2.41. The van der Waals surface area contributed by atoms with Crippen molar-refractivity contribution in [3.8, 4) is 0 Å². The van der Waals surface area contributed by atoms with Gasteiger partial charge in [0.1, 0.15) is 0 Å². The van der Waals surface area contributed by atoms with E-state index in [9.17, 15) is 5.11 Å². The lowest BCUT2D eigenvalue weighted by Crippen LogP contribution is -2.25. The SMILES string of the molecule is CC(C)(C)n1nnc(CC2(O)CC2)n1. The van der Waals surface area contributed by atoms with Gasteiger partial charge in [0.2, 0.25) is 0 Å². The van der Waals surface area contributed by atoms with Crippen LogP contribution in [0.2, 0.25) is 0 Å². The van der Waals surface area contributed by atoms with Crippen LogP contribution in [0.3, 0.4) is 0 Å². The fourth-order valence-electron chi connectivity index (χ4n) is 1.21. The molecule has 1 aromatic rings. The van der Waals surface area contributed by atoms with Crippen molar-refractivity contribution in [3.63, 3.8) is 0 Å². The molecule has 0 amide bonds. The zero-order valence-corrected chi connectivity index (χ0v) is 8.86. The molecule has 78 valence electrons. The van der Waals surface area contributed by atoms with Crippen molar-refractivity contribution in [1.29, 1.82) is 0 Å². The molecule has 0 aliphatic heterocycles. The number of hydrogen-bond acceptors (Lipinski definition) is 4. The average Bonchev–Trinajstić information content (AvgIpc) is 2.61. The van der Waals surface area contributed by atoms with Gasteiger partial charge in [0.25, 0.3) is 0 Å². The van der Waals surface area contributed by atoms with E-state index in [0.29, 0.717) is 12.2 Å². The van der Waals surface area contributed by atoms with Crippen LogP contribution in [-0.2, 0) is 12.0 Å². The van der Waals surface area contributed by atoms with Crippen molar-refractivity contribution in [1.82, 2.24) is 20.2 Å². The Balaban J connectivity index is 2.10. The summed E-state index contributed by atoms with van der Waals surface area (Å²) in [6.45, 7) is 6.05. The molecule has 0 unspecified atom stereocenters. The maximum Gasteiger partial charge on any atom is 0.177 e. The molecule has 1 heterocycles. The average molecular weight is 196 g/mol. The normalized spacial score (nSPS) is 19.7. The second kappa shape index (κ2) is 2.76. The van der Waals surface area contributed by atoms with Crippen LogP contribution in [0, 0.1) is 0 Å². The lowest BCUT2D eigenvalue weighted by Gasteiger charge is -2.15. The summed E-state index contributed by atoms with van der Waals surface area (Å²) >= 11 is 0. The number of hydrogen-bond donors (Lipinski definition) is 1. The summed E-state index contributed by atoms with van der Waals surface area (Å²) in [5.74, 6) is 0.639. The summed E-state index contributed by atoms with van der Waals surface area (Å²) in [5.41, 5.74) is -0.677. The molecule has 0 aromatic carbocycles. The zero-order chi connectivity index (χ0) is 10.4. The smallest absolute Gasteiger partial charge is 0.177 e. The van der Waals surface area contributed by atoms with Crippen LogP contribution in [-0.4, -0.2) is 30.9 Å². The molecule has 1 aromatic heterocycles. The van der Waals surface area contributed by atoms with Gasteiger partial charge in [-0.3, -0.25) is 0 Å². The summed E-state index contributed by atoms with van der Waals surface area (Å²) in [4.78, 5) is 1.59. The van der Waals surface area contributed by atoms with Crippen molar-refractivity contribution >= 4 is 0 Å². The first-order valence-electron chi connectivity index (χ1n) is 4.91. The van der Waals surface area contributed by atoms with Gasteiger partial charge >= 0.3 is 0 Å². The van der Waals surface area contributed by atoms with Crippen molar-refractivity contribution in [3.05, 3.63) is 5.82 Å². The molecule has 0 atom stereocenters. The Labute approximate surface area is 83.1 Å². The third kappa shape index (κ3) is 1.92. The van der Waals surface area contributed by atoms with E-state index in [2.05, 4.69) is 15.4 Å². The second-order valence-electron chi connectivity index (χ2n) is 5.07. The van der Waals surface area contributed by atoms with Gasteiger partial charge < -0.3 is 5.11 Å². The molecule has 1 N–H and O–H groups in total. The molecule has 2 rings (SSSR count). The summed E-state index contributed by atoms with van der Waals surface area (Å²) in [6, 6.07) is 0. The minimum Gasteiger partial charge on any atom is -0.389 e. The van der Waals surface area contributed by atoms with E-state index in [1.165, 1.54) is 0 Å². The maximum atomic E-state index is 9.68. The molecular weight excluding hydrogens is 180 g/mol. The first-order valence-corrected chi connectivity index (χ1v) is 4.91. The lowest BCUT2D eigenvalue weighted by atomic mass is 10.1. The van der Waals surface area contributed by atoms with Gasteiger partial charge in [0, 0.05) is 6.42 Å². The van der Waals surface area contributed by atoms with Crippen LogP contribution in [0.1, 0.15) is 39.4 Å². The van der Waals surface area contributed by atoms with Crippen molar-refractivity contribution in [2.75, 3.05) is 0 Å². The third-order valence-corrected chi connectivity index (χ3v) is 2.37. The van der Waals surface area contributed by atoms with Gasteiger partial charge in [0.15, 0.2) is 5.82 Å². The summed E-state index contributed by atoms with van der Waals surface area (Å²) in [5, 5.41) is 21.8. The van der Waals surface area contributed by atoms with Crippen LogP contribution in [0.15, 0.2) is 0 Å². The Kier molecular flexibility index (Phi) is 1.89. The fourth-order valence-corrected chi connectivity index (χ4v) is 1.21. The Morgan fingerprint density at radius 1 is 1.43 bits per heavy atom. The van der Waals surface area contributed by atoms with Gasteiger partial charge in [-0.1, -0.05) is 0 Å². The first kappa shape index (κ1) is 9.58. The highest BCUT2D eigenvalue weighted by Crippen LogP contribution is 2.37. The number of aliphatic hydroxyl groups is 1. The Morgan fingerprint density at radius 3 is 2.50 bits per heavy atom. The zero-order valence-electron chi connectivity index (χ0n) is 8.86. The van der Waals surface area contributed by atoms with Gasteiger partial charge in [-0.2, -0.15) is 4.80 Å². The second-order valence-corrected chi connectivity index (χ2v) is 5.07. The molecule has 1 fully saturated rings. The van der Waals surface area contributed by atoms with Gasteiger partial charge in [-0.15, -0.1) is 10.2 Å². The van der Waals surface area contributed by atoms with Crippen LogP contribution < -0.4 is 0 Å². The van der Waals surface area contributed by atoms with Crippen molar-refractivity contribution in [2.45, 2.75) is 51.2 Å². The van der Waals surface area contributed by atoms with E-state index in [1.807, 2.05) is 20.8 Å². The van der Waals surface area contributed by atoms with Gasteiger partial charge in [-0.05, 0) is 38.8 Å². The molecule has 5 nitrogen and oxygen atoms in total. The highest BCUT2D eigenvalue weighted by atomic mass is 16.3. The lowest BCUT2D eigenvalue weighted by molar-refractivity contribution is 0.148. The van der Waals surface area contributed by atoms with Crippen molar-refractivity contribution < 1.29 is 5.11 Å². The number of rotatable bonds is 2. The number of aromatic nitrogens is 4. The van der Waals surface area contributed by atoms with E-state index >= 15 is 0 Å². The Bertz CT molecular complexity index is 335. The van der Waals surface area contributed by atoms with E-state index in [-0.39, 0.29) is 5.54 Å². The predicted octanol–water partition coefficient (Wildman–Crippen LogP) is 0.495. The molecule has 0 saturated heterocycles. The maximum absolute atomic E-state index is 9.68. The minimum atomic E-state index is -0.536. The van der Waals surface area contributed by atoms with Crippen LogP contribution in [0.25, 0.3) is 0 Å². The van der Waals surface area contributed by atoms with Crippen LogP contribution in [0.4, 0.5) is 0 Å². The van der Waals surface area contributed by atoms with Crippen LogP contribution in [0.5, 0.6) is 0 Å². The van der Waals surface area contributed by atoms with E-state index in [4.69, 9.17) is 0 Å². The van der Waals surface area contributed by atoms with E-state index in [1.54, 1.807) is 4.80 Å². The standard InChI is InChI=1S/C9H16N4O/c1-8(2,3)13-11-7(10-12-13)6-9(14)4-5-9/h14H,4-6H2,1-3H3. The highest BCUT2D eigenvalue weighted by molar-refractivity contribution is 5.01. The molecule has 1 aliphatic carbocycles. The van der Waals surface area contributed by atoms with Gasteiger partial charge in [-0.25, -0.2) is 0 Å². The molecule has 0 radical (unpaired) electrons. The molecule has 0 bridgehead atoms. The van der Waals surface area contributed by atoms with E-state index < -0.39 is 5.60 Å². The molecular formula is C9H16N4O. The minimum absolute atomic E-state index is 0.141. The molecule has 1 saturated carbocycles. The largest absolute Gasteiger partial charge is 0.389 e. The summed E-state index contributed by atoms with van der Waals surface area (Å²) in [6.07, 6.45) is 2.25. The number of nitrogens with zero attached hydrogens (tertiary/aromatic N) is 4. The van der Waals surface area contributed by atoms with Crippen molar-refractivity contribution in [2.24, 2.45) is 0 Å². The first-order chi connectivity index (χ1) is 6.39. The fraction of sp³-hybridized carbons (Fsp3) is 0.889. The predicted molar refractivity (Wildman–Crippen MR) is 50.7 cm³/mol. The molecule has 5 heteroatoms. The topological polar surface area (TPSA) is 63.8 Å². The Hall–Kier alpha value is -0.970. The molecule has 14 heavy (non-hydrogen) atoms. The third-order valence-electron chi connectivity index (χ3n) is 2.37. The quantitative estimate of drug-likeness (QED) is 0.748. The number of tetrazole rings is 1. The summed E-state index contributed by atoms with van der Waals surface area (Å²) < 4.78 is 0. The van der Waals surface area contributed by atoms with E-state index in [0.717, 1.165) is 12.8 Å². The Morgan fingerprint density at radius 2 is 2.07 bits per heavy atom.